The lowest BCUT2D eigenvalue weighted by Crippen LogP contribution is -2.37. The Morgan fingerprint density at radius 2 is 2.42 bits per heavy atom. The summed E-state index contributed by atoms with van der Waals surface area (Å²) in [6.45, 7) is 3.78. The summed E-state index contributed by atoms with van der Waals surface area (Å²) in [7, 11) is 1.96. The minimum Gasteiger partial charge on any atom is -0.352 e. The Morgan fingerprint density at radius 3 is 3.21 bits per heavy atom. The number of hydrogen-bond donors (Lipinski definition) is 2. The van der Waals surface area contributed by atoms with Crippen LogP contribution in [0.4, 0.5) is 5.82 Å². The van der Waals surface area contributed by atoms with Gasteiger partial charge in [0.1, 0.15) is 11.6 Å². The summed E-state index contributed by atoms with van der Waals surface area (Å²) in [6.07, 6.45) is 2.34. The number of aromatic amines is 1. The van der Waals surface area contributed by atoms with Crippen molar-refractivity contribution in [1.82, 2.24) is 24.9 Å². The standard InChI is InChI=1S/C12H18N6O/c1-8-14-10(6-11-15-16-12(19)18(8)11)17-5-3-4-9(17)7-13-2/h6,9,13H,3-5,7H2,1-2H3,(H,16,19). The molecule has 1 aliphatic rings. The molecule has 0 bridgehead atoms. The van der Waals surface area contributed by atoms with Crippen molar-refractivity contribution < 1.29 is 0 Å². The van der Waals surface area contributed by atoms with Crippen molar-refractivity contribution in [1.29, 1.82) is 0 Å². The van der Waals surface area contributed by atoms with E-state index in [0.717, 1.165) is 18.9 Å². The van der Waals surface area contributed by atoms with Crippen LogP contribution in [0.25, 0.3) is 5.65 Å². The normalized spacial score (nSPS) is 19.5. The number of aromatic nitrogens is 4. The van der Waals surface area contributed by atoms with E-state index < -0.39 is 0 Å². The Labute approximate surface area is 110 Å². The summed E-state index contributed by atoms with van der Waals surface area (Å²) in [5, 5.41) is 9.70. The number of hydrogen-bond acceptors (Lipinski definition) is 5. The van der Waals surface area contributed by atoms with Crippen molar-refractivity contribution in [2.45, 2.75) is 25.8 Å². The highest BCUT2D eigenvalue weighted by Gasteiger charge is 2.25. The first-order valence-corrected chi connectivity index (χ1v) is 6.56. The molecule has 0 aliphatic carbocycles. The van der Waals surface area contributed by atoms with E-state index in [1.165, 1.54) is 17.2 Å². The highest BCUT2D eigenvalue weighted by Crippen LogP contribution is 2.24. The monoisotopic (exact) mass is 262 g/mol. The van der Waals surface area contributed by atoms with Crippen LogP contribution in [0.3, 0.4) is 0 Å². The van der Waals surface area contributed by atoms with Gasteiger partial charge in [-0.15, -0.1) is 0 Å². The van der Waals surface area contributed by atoms with Gasteiger partial charge in [-0.2, -0.15) is 5.10 Å². The van der Waals surface area contributed by atoms with Gasteiger partial charge in [0.15, 0.2) is 5.65 Å². The van der Waals surface area contributed by atoms with Gasteiger partial charge in [0.2, 0.25) is 0 Å². The molecule has 0 aromatic carbocycles. The van der Waals surface area contributed by atoms with Crippen LogP contribution in [0.2, 0.25) is 0 Å². The summed E-state index contributed by atoms with van der Waals surface area (Å²) in [5.74, 6) is 1.57. The maximum absolute atomic E-state index is 11.6. The van der Waals surface area contributed by atoms with Gasteiger partial charge in [0.05, 0.1) is 0 Å². The number of likely N-dealkylation sites (N-methyl/N-ethyl adjacent to an activating group) is 1. The summed E-state index contributed by atoms with van der Waals surface area (Å²) in [4.78, 5) is 18.4. The van der Waals surface area contributed by atoms with Crippen LogP contribution < -0.4 is 15.9 Å². The second-order valence-electron chi connectivity index (χ2n) is 4.93. The molecule has 1 saturated heterocycles. The predicted molar refractivity (Wildman–Crippen MR) is 72.6 cm³/mol. The van der Waals surface area contributed by atoms with Gasteiger partial charge in [-0.25, -0.2) is 19.3 Å². The van der Waals surface area contributed by atoms with Crippen LogP contribution in [0.15, 0.2) is 10.9 Å². The number of fused-ring (bicyclic) bond motifs is 1. The quantitative estimate of drug-likeness (QED) is 0.808. The van der Waals surface area contributed by atoms with E-state index in [0.29, 0.717) is 17.5 Å². The molecule has 0 spiro atoms. The molecule has 7 nitrogen and oxygen atoms in total. The van der Waals surface area contributed by atoms with E-state index in [-0.39, 0.29) is 5.69 Å². The molecule has 0 saturated carbocycles. The predicted octanol–water partition coefficient (Wildman–Crippen LogP) is -0.0858. The van der Waals surface area contributed by atoms with Gasteiger partial charge >= 0.3 is 5.69 Å². The third kappa shape index (κ3) is 1.99. The molecule has 1 unspecified atom stereocenters. The lowest BCUT2D eigenvalue weighted by Gasteiger charge is -2.25. The van der Waals surface area contributed by atoms with Crippen LogP contribution in [-0.2, 0) is 0 Å². The van der Waals surface area contributed by atoms with Crippen LogP contribution in [0, 0.1) is 6.92 Å². The van der Waals surface area contributed by atoms with Gasteiger partial charge in [0.25, 0.3) is 0 Å². The zero-order valence-electron chi connectivity index (χ0n) is 11.2. The van der Waals surface area contributed by atoms with E-state index in [4.69, 9.17) is 0 Å². The molecule has 2 N–H and O–H groups in total. The number of nitrogens with one attached hydrogen (secondary N) is 2. The Balaban J connectivity index is 2.03. The number of H-pyrrole nitrogens is 1. The number of aryl methyl sites for hydroxylation is 1. The van der Waals surface area contributed by atoms with Crippen molar-refractivity contribution in [3.05, 3.63) is 22.4 Å². The van der Waals surface area contributed by atoms with Crippen LogP contribution >= 0.6 is 0 Å². The lowest BCUT2D eigenvalue weighted by atomic mass is 10.2. The molecule has 2 aromatic heterocycles. The summed E-state index contributed by atoms with van der Waals surface area (Å²) < 4.78 is 1.49. The fraction of sp³-hybridized carbons (Fsp3) is 0.583. The van der Waals surface area contributed by atoms with E-state index in [1.807, 2.05) is 20.0 Å². The Morgan fingerprint density at radius 1 is 1.58 bits per heavy atom. The maximum Gasteiger partial charge on any atom is 0.349 e. The first kappa shape index (κ1) is 12.2. The Hall–Kier alpha value is -1.89. The second-order valence-corrected chi connectivity index (χ2v) is 4.93. The molecule has 2 aromatic rings. The van der Waals surface area contributed by atoms with Gasteiger partial charge in [0, 0.05) is 25.2 Å². The highest BCUT2D eigenvalue weighted by molar-refractivity contribution is 5.52. The minimum absolute atomic E-state index is 0.236. The molecule has 0 radical (unpaired) electrons. The third-order valence-electron chi connectivity index (χ3n) is 3.67. The van der Waals surface area contributed by atoms with E-state index >= 15 is 0 Å². The fourth-order valence-corrected chi connectivity index (χ4v) is 2.81. The average Bonchev–Trinajstić information content (AvgIpc) is 2.97. The molecular formula is C12H18N6O. The summed E-state index contributed by atoms with van der Waals surface area (Å²) in [6, 6.07) is 2.34. The number of rotatable bonds is 3. The van der Waals surface area contributed by atoms with Crippen molar-refractivity contribution in [3.8, 4) is 0 Å². The van der Waals surface area contributed by atoms with Gasteiger partial charge < -0.3 is 10.2 Å². The number of anilines is 1. The zero-order valence-corrected chi connectivity index (χ0v) is 11.2. The molecule has 1 atom stereocenters. The zero-order chi connectivity index (χ0) is 13.4. The molecule has 19 heavy (non-hydrogen) atoms. The molecule has 7 heteroatoms. The average molecular weight is 262 g/mol. The van der Waals surface area contributed by atoms with Crippen LogP contribution in [0.5, 0.6) is 0 Å². The molecular weight excluding hydrogens is 244 g/mol. The lowest BCUT2D eigenvalue weighted by molar-refractivity contribution is 0.611. The largest absolute Gasteiger partial charge is 0.352 e. The molecule has 0 amide bonds. The van der Waals surface area contributed by atoms with Crippen LogP contribution in [-0.4, -0.2) is 45.8 Å². The van der Waals surface area contributed by atoms with Gasteiger partial charge in [-0.1, -0.05) is 0 Å². The Kier molecular flexibility index (Phi) is 2.98. The van der Waals surface area contributed by atoms with Gasteiger partial charge in [-0.3, -0.25) is 0 Å². The van der Waals surface area contributed by atoms with E-state index in [1.54, 1.807) is 0 Å². The third-order valence-corrected chi connectivity index (χ3v) is 3.67. The molecule has 1 aliphatic heterocycles. The van der Waals surface area contributed by atoms with Gasteiger partial charge in [-0.05, 0) is 26.8 Å². The first-order valence-electron chi connectivity index (χ1n) is 6.56. The molecule has 3 rings (SSSR count). The van der Waals surface area contributed by atoms with Crippen LogP contribution in [0.1, 0.15) is 18.7 Å². The topological polar surface area (TPSA) is 78.3 Å². The second kappa shape index (κ2) is 4.65. The number of nitrogens with zero attached hydrogens (tertiary/aromatic N) is 4. The highest BCUT2D eigenvalue weighted by atomic mass is 16.1. The van der Waals surface area contributed by atoms with E-state index in [2.05, 4.69) is 25.4 Å². The molecule has 1 fully saturated rings. The maximum atomic E-state index is 11.6. The smallest absolute Gasteiger partial charge is 0.349 e. The van der Waals surface area contributed by atoms with Crippen molar-refractivity contribution in [2.24, 2.45) is 0 Å². The van der Waals surface area contributed by atoms with Crippen molar-refractivity contribution in [3.63, 3.8) is 0 Å². The fourth-order valence-electron chi connectivity index (χ4n) is 2.81. The van der Waals surface area contributed by atoms with E-state index in [9.17, 15) is 4.79 Å². The molecule has 102 valence electrons. The SMILES string of the molecule is CNCC1CCCN1c1cc2n[nH]c(=O)n2c(C)n1. The first-order chi connectivity index (χ1) is 9.20. The summed E-state index contributed by atoms with van der Waals surface area (Å²) >= 11 is 0. The van der Waals surface area contributed by atoms with Crippen molar-refractivity contribution in [2.75, 3.05) is 25.0 Å². The van der Waals surface area contributed by atoms with Crippen molar-refractivity contribution >= 4 is 11.5 Å². The summed E-state index contributed by atoms with van der Waals surface area (Å²) in [5.41, 5.74) is 0.391. The Bertz CT molecular complexity index is 645. The molecule has 3 heterocycles. The minimum atomic E-state index is -0.236.